The van der Waals surface area contributed by atoms with Gasteiger partial charge in [0.25, 0.3) is 0 Å². The summed E-state index contributed by atoms with van der Waals surface area (Å²) < 4.78 is 0. The quantitative estimate of drug-likeness (QED) is 0.129. The molecule has 0 radical (unpaired) electrons. The van der Waals surface area contributed by atoms with Gasteiger partial charge in [0.05, 0.1) is 6.04 Å². The molecule has 3 rings (SSSR count). The van der Waals surface area contributed by atoms with E-state index in [4.69, 9.17) is 11.5 Å². The molecular formula is C31H40N6O6. The number of fused-ring (bicyclic) bond motifs is 1. The highest BCUT2D eigenvalue weighted by Crippen LogP contribution is 2.19. The van der Waals surface area contributed by atoms with Crippen molar-refractivity contribution in [1.82, 2.24) is 20.9 Å². The molecule has 0 aliphatic rings. The zero-order valence-corrected chi connectivity index (χ0v) is 24.3. The van der Waals surface area contributed by atoms with Crippen LogP contribution in [0.1, 0.15) is 44.2 Å². The number of aromatic nitrogens is 1. The van der Waals surface area contributed by atoms with Crippen molar-refractivity contribution in [3.05, 3.63) is 71.9 Å². The van der Waals surface area contributed by atoms with E-state index in [-0.39, 0.29) is 31.6 Å². The minimum Gasteiger partial charge on any atom is -0.480 e. The van der Waals surface area contributed by atoms with E-state index in [2.05, 4.69) is 20.9 Å². The highest BCUT2D eigenvalue weighted by atomic mass is 16.4. The smallest absolute Gasteiger partial charge is 0.326 e. The minimum atomic E-state index is -1.30. The number of para-hydroxylation sites is 1. The highest BCUT2D eigenvalue weighted by molar-refractivity contribution is 5.95. The standard InChI is InChI=1S/C31H40N6O6/c1-3-18(2)27(33)30(41)36-24(16-20-17-34-22-12-8-7-11-21(20)22)29(40)35-23(13-14-26(32)38)28(39)37-25(31(42)43)15-19-9-5-4-6-10-19/h4-12,17-18,23-25,27,34H,3,13-16,33H2,1-2H3,(H2,32,38)(H,35,40)(H,36,41)(H,37,39)(H,42,43). The predicted octanol–water partition coefficient (Wildman–Crippen LogP) is 1.13. The SMILES string of the molecule is CCC(C)C(N)C(=O)NC(Cc1c[nH]c2ccccc12)C(=O)NC(CCC(N)=O)C(=O)NC(Cc1ccccc1)C(=O)O. The van der Waals surface area contributed by atoms with Crippen molar-refractivity contribution < 1.29 is 29.1 Å². The highest BCUT2D eigenvalue weighted by Gasteiger charge is 2.32. The monoisotopic (exact) mass is 592 g/mol. The summed E-state index contributed by atoms with van der Waals surface area (Å²) in [6.07, 6.45) is 2.05. The van der Waals surface area contributed by atoms with Gasteiger partial charge < -0.3 is 37.5 Å². The number of carbonyl (C=O) groups is 5. The van der Waals surface area contributed by atoms with E-state index in [1.54, 1.807) is 36.5 Å². The lowest BCUT2D eigenvalue weighted by Gasteiger charge is -2.26. The maximum absolute atomic E-state index is 13.7. The second-order valence-electron chi connectivity index (χ2n) is 10.7. The number of nitrogens with two attached hydrogens (primary N) is 2. The van der Waals surface area contributed by atoms with Crippen molar-refractivity contribution in [3.8, 4) is 0 Å². The molecule has 1 heterocycles. The molecule has 0 bridgehead atoms. The van der Waals surface area contributed by atoms with Gasteiger partial charge in [-0.3, -0.25) is 19.2 Å². The van der Waals surface area contributed by atoms with Crippen LogP contribution in [-0.2, 0) is 36.8 Å². The Morgan fingerprint density at radius 3 is 2.09 bits per heavy atom. The second kappa shape index (κ2) is 15.5. The summed E-state index contributed by atoms with van der Waals surface area (Å²) in [6, 6.07) is 11.6. The number of hydrogen-bond acceptors (Lipinski definition) is 6. The molecule has 2 aromatic carbocycles. The average Bonchev–Trinajstić information content (AvgIpc) is 3.40. The fourth-order valence-electron chi connectivity index (χ4n) is 4.66. The van der Waals surface area contributed by atoms with Crippen molar-refractivity contribution in [2.45, 2.75) is 70.1 Å². The molecule has 0 aliphatic heterocycles. The third-order valence-electron chi connectivity index (χ3n) is 7.50. The van der Waals surface area contributed by atoms with Gasteiger partial charge in [0, 0.05) is 36.4 Å². The molecule has 0 aliphatic carbocycles. The van der Waals surface area contributed by atoms with Crippen LogP contribution in [0.3, 0.4) is 0 Å². The first-order chi connectivity index (χ1) is 20.5. The van der Waals surface area contributed by atoms with Gasteiger partial charge in [-0.15, -0.1) is 0 Å². The summed E-state index contributed by atoms with van der Waals surface area (Å²) in [6.45, 7) is 3.73. The molecule has 43 heavy (non-hydrogen) atoms. The Labute approximate surface area is 250 Å². The second-order valence-corrected chi connectivity index (χ2v) is 10.7. The molecule has 230 valence electrons. The number of benzene rings is 2. The van der Waals surface area contributed by atoms with Crippen molar-refractivity contribution in [1.29, 1.82) is 0 Å². The maximum Gasteiger partial charge on any atom is 0.326 e. The number of aromatic amines is 1. The van der Waals surface area contributed by atoms with E-state index < -0.39 is 53.8 Å². The first-order valence-electron chi connectivity index (χ1n) is 14.3. The molecular weight excluding hydrogens is 552 g/mol. The number of hydrogen-bond donors (Lipinski definition) is 7. The van der Waals surface area contributed by atoms with Crippen LogP contribution in [0.5, 0.6) is 0 Å². The van der Waals surface area contributed by atoms with Gasteiger partial charge in [-0.1, -0.05) is 68.8 Å². The summed E-state index contributed by atoms with van der Waals surface area (Å²) in [7, 11) is 0. The zero-order valence-electron chi connectivity index (χ0n) is 24.3. The van der Waals surface area contributed by atoms with E-state index in [1.807, 2.05) is 38.1 Å². The van der Waals surface area contributed by atoms with E-state index in [1.165, 1.54) is 0 Å². The molecule has 5 unspecified atom stereocenters. The number of carboxylic acids is 1. The van der Waals surface area contributed by atoms with Gasteiger partial charge in [-0.2, -0.15) is 0 Å². The number of H-pyrrole nitrogens is 1. The number of aliphatic carboxylic acids is 1. The van der Waals surface area contributed by atoms with E-state index in [0.29, 0.717) is 12.0 Å². The van der Waals surface area contributed by atoms with Gasteiger partial charge in [0.1, 0.15) is 18.1 Å². The van der Waals surface area contributed by atoms with Gasteiger partial charge in [0.2, 0.25) is 23.6 Å². The predicted molar refractivity (Wildman–Crippen MR) is 161 cm³/mol. The van der Waals surface area contributed by atoms with Crippen LogP contribution in [0, 0.1) is 5.92 Å². The minimum absolute atomic E-state index is 0.00511. The topological polar surface area (TPSA) is 209 Å². The Bertz CT molecular complexity index is 1420. The molecule has 0 saturated heterocycles. The van der Waals surface area contributed by atoms with Gasteiger partial charge in [0.15, 0.2) is 0 Å². The summed E-state index contributed by atoms with van der Waals surface area (Å²) in [4.78, 5) is 66.7. The lowest BCUT2D eigenvalue weighted by molar-refractivity contribution is -0.142. The summed E-state index contributed by atoms with van der Waals surface area (Å²) in [5.41, 5.74) is 13.7. The number of nitrogens with one attached hydrogen (secondary N) is 4. The molecule has 9 N–H and O–H groups in total. The molecule has 0 spiro atoms. The Kier molecular flexibility index (Phi) is 11.8. The Hall–Kier alpha value is -4.71. The van der Waals surface area contributed by atoms with Crippen LogP contribution >= 0.6 is 0 Å². The van der Waals surface area contributed by atoms with Gasteiger partial charge in [-0.25, -0.2) is 4.79 Å². The van der Waals surface area contributed by atoms with Crippen LogP contribution in [0.4, 0.5) is 0 Å². The first kappa shape index (κ1) is 32.8. The molecule has 12 nitrogen and oxygen atoms in total. The normalized spacial score (nSPS) is 14.6. The van der Waals surface area contributed by atoms with E-state index in [9.17, 15) is 29.1 Å². The zero-order chi connectivity index (χ0) is 31.5. The molecule has 0 saturated carbocycles. The van der Waals surface area contributed by atoms with E-state index in [0.717, 1.165) is 16.5 Å². The van der Waals surface area contributed by atoms with Crippen LogP contribution in [-0.4, -0.2) is 63.9 Å². The lowest BCUT2D eigenvalue weighted by Crippen LogP contribution is -2.58. The van der Waals surface area contributed by atoms with Crippen LogP contribution in [0.25, 0.3) is 10.9 Å². The fraction of sp³-hybridized carbons (Fsp3) is 0.387. The summed E-state index contributed by atoms with van der Waals surface area (Å²) in [5, 5.41) is 18.4. The Balaban J connectivity index is 1.84. The molecule has 4 amide bonds. The van der Waals surface area contributed by atoms with E-state index >= 15 is 0 Å². The molecule has 1 aromatic heterocycles. The van der Waals surface area contributed by atoms with Crippen LogP contribution in [0.15, 0.2) is 60.8 Å². The average molecular weight is 593 g/mol. The number of rotatable bonds is 16. The Morgan fingerprint density at radius 1 is 0.837 bits per heavy atom. The maximum atomic E-state index is 13.7. The lowest BCUT2D eigenvalue weighted by atomic mass is 9.98. The summed E-state index contributed by atoms with van der Waals surface area (Å²) >= 11 is 0. The summed E-state index contributed by atoms with van der Waals surface area (Å²) in [5.74, 6) is -4.14. The number of carboxylic acid groups (broad SMARTS) is 1. The first-order valence-corrected chi connectivity index (χ1v) is 14.3. The number of amides is 4. The van der Waals surface area contributed by atoms with Crippen molar-refractivity contribution in [2.24, 2.45) is 17.4 Å². The fourth-order valence-corrected chi connectivity index (χ4v) is 4.66. The molecule has 12 heteroatoms. The van der Waals surface area contributed by atoms with Gasteiger partial charge >= 0.3 is 5.97 Å². The molecule has 0 fully saturated rings. The number of carbonyl (C=O) groups excluding carboxylic acids is 4. The number of primary amides is 1. The molecule has 3 aromatic rings. The third-order valence-corrected chi connectivity index (χ3v) is 7.50. The largest absolute Gasteiger partial charge is 0.480 e. The van der Waals surface area contributed by atoms with Crippen LogP contribution in [0.2, 0.25) is 0 Å². The Morgan fingerprint density at radius 2 is 1.44 bits per heavy atom. The van der Waals surface area contributed by atoms with Crippen molar-refractivity contribution >= 4 is 40.5 Å². The third kappa shape index (κ3) is 9.40. The molecule has 5 atom stereocenters. The van der Waals surface area contributed by atoms with Crippen LogP contribution < -0.4 is 27.4 Å². The van der Waals surface area contributed by atoms with Crippen molar-refractivity contribution in [3.63, 3.8) is 0 Å². The van der Waals surface area contributed by atoms with Gasteiger partial charge in [-0.05, 0) is 29.5 Å². The van der Waals surface area contributed by atoms with Crippen molar-refractivity contribution in [2.75, 3.05) is 0 Å².